The number of carbonyl (C=O) groups excluding carboxylic acids is 1. The summed E-state index contributed by atoms with van der Waals surface area (Å²) >= 11 is 0. The van der Waals surface area contributed by atoms with Crippen molar-refractivity contribution in [2.45, 2.75) is 31.9 Å². The van der Waals surface area contributed by atoms with Gasteiger partial charge in [0, 0.05) is 30.4 Å². The van der Waals surface area contributed by atoms with Crippen LogP contribution in [0.2, 0.25) is 0 Å². The minimum atomic E-state index is -4.53. The van der Waals surface area contributed by atoms with Crippen LogP contribution in [0.3, 0.4) is 0 Å². The lowest BCUT2D eigenvalue weighted by molar-refractivity contribution is -0.384. The quantitative estimate of drug-likeness (QED) is 0.555. The van der Waals surface area contributed by atoms with Gasteiger partial charge in [-0.05, 0) is 43.2 Å². The lowest BCUT2D eigenvalue weighted by Gasteiger charge is -2.22. The van der Waals surface area contributed by atoms with E-state index < -0.39 is 22.6 Å². The molecule has 0 saturated carbocycles. The van der Waals surface area contributed by atoms with Crippen molar-refractivity contribution in [3.63, 3.8) is 0 Å². The predicted octanol–water partition coefficient (Wildman–Crippen LogP) is 5.25. The SMILES string of the molecule is O=C(Nc1cccc(C(F)(F)F)c1)c1ccc(N2CCCCCC2)c([N+](=O)[O-])c1. The highest BCUT2D eigenvalue weighted by molar-refractivity contribution is 6.05. The maximum absolute atomic E-state index is 12.8. The van der Waals surface area contributed by atoms with E-state index in [4.69, 9.17) is 0 Å². The predicted molar refractivity (Wildman–Crippen MR) is 103 cm³/mol. The number of nitrogens with one attached hydrogen (secondary N) is 1. The van der Waals surface area contributed by atoms with Gasteiger partial charge < -0.3 is 10.2 Å². The van der Waals surface area contributed by atoms with Gasteiger partial charge in [-0.2, -0.15) is 13.2 Å². The molecule has 1 saturated heterocycles. The van der Waals surface area contributed by atoms with Gasteiger partial charge in [-0.15, -0.1) is 0 Å². The molecule has 1 fully saturated rings. The number of hydrogen-bond donors (Lipinski definition) is 1. The molecule has 0 atom stereocenters. The van der Waals surface area contributed by atoms with E-state index in [2.05, 4.69) is 5.32 Å². The molecule has 6 nitrogen and oxygen atoms in total. The largest absolute Gasteiger partial charge is 0.416 e. The van der Waals surface area contributed by atoms with Crippen LogP contribution in [0.25, 0.3) is 0 Å². The molecule has 2 aromatic rings. The lowest BCUT2D eigenvalue weighted by atomic mass is 10.1. The molecule has 29 heavy (non-hydrogen) atoms. The molecule has 1 N–H and O–H groups in total. The maximum Gasteiger partial charge on any atom is 0.416 e. The minimum Gasteiger partial charge on any atom is -0.366 e. The number of benzene rings is 2. The van der Waals surface area contributed by atoms with Crippen LogP contribution in [-0.4, -0.2) is 23.9 Å². The second-order valence-electron chi connectivity index (χ2n) is 6.89. The summed E-state index contributed by atoms with van der Waals surface area (Å²) in [6, 6.07) is 8.38. The van der Waals surface area contributed by atoms with Gasteiger partial charge in [0.05, 0.1) is 10.5 Å². The van der Waals surface area contributed by atoms with E-state index in [1.165, 1.54) is 30.3 Å². The molecule has 0 aliphatic carbocycles. The van der Waals surface area contributed by atoms with Crippen LogP contribution < -0.4 is 10.2 Å². The number of hydrogen-bond acceptors (Lipinski definition) is 4. The molecule has 9 heteroatoms. The van der Waals surface area contributed by atoms with Crippen LogP contribution in [0.5, 0.6) is 0 Å². The zero-order valence-corrected chi connectivity index (χ0v) is 15.5. The Bertz CT molecular complexity index is 907. The third kappa shape index (κ3) is 5.04. The molecule has 0 bridgehead atoms. The number of nitro groups is 1. The second kappa shape index (κ2) is 8.50. The summed E-state index contributed by atoms with van der Waals surface area (Å²) in [5, 5.41) is 13.9. The molecule has 1 aliphatic rings. The fraction of sp³-hybridized carbons (Fsp3) is 0.350. The molecule has 154 valence electrons. The normalized spacial score (nSPS) is 14.9. The van der Waals surface area contributed by atoms with E-state index >= 15 is 0 Å². The average molecular weight is 407 g/mol. The van der Waals surface area contributed by atoms with Crippen molar-refractivity contribution in [3.8, 4) is 0 Å². The standard InChI is InChI=1S/C20H20F3N3O3/c21-20(22,23)15-6-5-7-16(13-15)24-19(27)14-8-9-17(18(12-14)26(28)29)25-10-3-1-2-4-11-25/h5-9,12-13H,1-4,10-11H2,(H,24,27). The molecule has 1 heterocycles. The van der Waals surface area contributed by atoms with Gasteiger partial charge in [-0.25, -0.2) is 0 Å². The summed E-state index contributed by atoms with van der Waals surface area (Å²) < 4.78 is 38.5. The minimum absolute atomic E-state index is 0.00711. The Morgan fingerprint density at radius 3 is 2.34 bits per heavy atom. The Kier molecular flexibility index (Phi) is 6.05. The third-order valence-electron chi connectivity index (χ3n) is 4.83. The molecule has 0 spiro atoms. The fourth-order valence-corrected chi connectivity index (χ4v) is 3.37. The summed E-state index contributed by atoms with van der Waals surface area (Å²) in [5.74, 6) is -0.713. The third-order valence-corrected chi connectivity index (χ3v) is 4.83. The number of carbonyl (C=O) groups is 1. The number of anilines is 2. The van der Waals surface area contributed by atoms with Gasteiger partial charge in [0.2, 0.25) is 0 Å². The molecule has 0 aromatic heterocycles. The number of amides is 1. The smallest absolute Gasteiger partial charge is 0.366 e. The molecule has 0 radical (unpaired) electrons. The number of rotatable bonds is 4. The van der Waals surface area contributed by atoms with Crippen LogP contribution >= 0.6 is 0 Å². The Morgan fingerprint density at radius 1 is 1.03 bits per heavy atom. The zero-order valence-electron chi connectivity index (χ0n) is 15.5. The van der Waals surface area contributed by atoms with Gasteiger partial charge in [0.1, 0.15) is 5.69 Å². The monoisotopic (exact) mass is 407 g/mol. The second-order valence-corrected chi connectivity index (χ2v) is 6.89. The highest BCUT2D eigenvalue weighted by Crippen LogP contribution is 2.32. The van der Waals surface area contributed by atoms with Crippen LogP contribution in [0, 0.1) is 10.1 Å². The summed E-state index contributed by atoms with van der Waals surface area (Å²) in [4.78, 5) is 25.4. The van der Waals surface area contributed by atoms with Crippen molar-refractivity contribution in [2.24, 2.45) is 0 Å². The highest BCUT2D eigenvalue weighted by atomic mass is 19.4. The summed E-state index contributed by atoms with van der Waals surface area (Å²) in [6.45, 7) is 1.41. The fourth-order valence-electron chi connectivity index (χ4n) is 3.37. The zero-order chi connectivity index (χ0) is 21.0. The first kappa shape index (κ1) is 20.6. The van der Waals surface area contributed by atoms with Gasteiger partial charge in [0.25, 0.3) is 11.6 Å². The van der Waals surface area contributed by atoms with Gasteiger partial charge >= 0.3 is 6.18 Å². The Hall–Kier alpha value is -3.10. The molecule has 1 aliphatic heterocycles. The number of nitrogens with zero attached hydrogens (tertiary/aromatic N) is 2. The topological polar surface area (TPSA) is 75.5 Å². The van der Waals surface area contributed by atoms with Crippen LogP contribution in [-0.2, 0) is 6.18 Å². The number of halogens is 3. The van der Waals surface area contributed by atoms with Crippen molar-refractivity contribution >= 4 is 23.0 Å². The molecule has 0 unspecified atom stereocenters. The van der Waals surface area contributed by atoms with Crippen LogP contribution in [0.15, 0.2) is 42.5 Å². The molecule has 2 aromatic carbocycles. The highest BCUT2D eigenvalue weighted by Gasteiger charge is 2.30. The van der Waals surface area contributed by atoms with Crippen molar-refractivity contribution in [2.75, 3.05) is 23.3 Å². The van der Waals surface area contributed by atoms with E-state index in [1.807, 2.05) is 4.90 Å². The van der Waals surface area contributed by atoms with Gasteiger partial charge in [-0.3, -0.25) is 14.9 Å². The van der Waals surface area contributed by atoms with E-state index in [9.17, 15) is 28.1 Å². The first-order valence-corrected chi connectivity index (χ1v) is 9.28. The summed E-state index contributed by atoms with van der Waals surface area (Å²) in [5.41, 5.74) is -0.661. The van der Waals surface area contributed by atoms with Crippen molar-refractivity contribution < 1.29 is 22.9 Å². The van der Waals surface area contributed by atoms with Gasteiger partial charge in [0.15, 0.2) is 0 Å². The van der Waals surface area contributed by atoms with E-state index in [1.54, 1.807) is 0 Å². The lowest BCUT2D eigenvalue weighted by Crippen LogP contribution is -2.25. The Labute approximate surface area is 165 Å². The Balaban J connectivity index is 1.84. The molecular weight excluding hydrogens is 387 g/mol. The maximum atomic E-state index is 12.8. The average Bonchev–Trinajstić information content (AvgIpc) is 2.96. The molecular formula is C20H20F3N3O3. The summed E-state index contributed by atoms with van der Waals surface area (Å²) in [7, 11) is 0. The molecule has 3 rings (SSSR count). The van der Waals surface area contributed by atoms with Crippen molar-refractivity contribution in [3.05, 3.63) is 63.7 Å². The van der Waals surface area contributed by atoms with E-state index in [0.717, 1.165) is 37.8 Å². The van der Waals surface area contributed by atoms with E-state index in [0.29, 0.717) is 18.8 Å². The Morgan fingerprint density at radius 2 is 1.72 bits per heavy atom. The van der Waals surface area contributed by atoms with Gasteiger partial charge in [-0.1, -0.05) is 18.9 Å². The summed E-state index contributed by atoms with van der Waals surface area (Å²) in [6.07, 6.45) is -0.512. The van der Waals surface area contributed by atoms with Crippen LogP contribution in [0.1, 0.15) is 41.6 Å². The number of alkyl halides is 3. The molecule has 1 amide bonds. The first-order chi connectivity index (χ1) is 13.8. The van der Waals surface area contributed by atoms with Crippen molar-refractivity contribution in [1.29, 1.82) is 0 Å². The first-order valence-electron chi connectivity index (χ1n) is 9.28. The van der Waals surface area contributed by atoms with E-state index in [-0.39, 0.29) is 16.9 Å². The number of nitro benzene ring substituents is 1. The van der Waals surface area contributed by atoms with Crippen LogP contribution in [0.4, 0.5) is 30.2 Å². The van der Waals surface area contributed by atoms with Crippen molar-refractivity contribution in [1.82, 2.24) is 0 Å².